The molecule has 0 spiro atoms. The van der Waals surface area contributed by atoms with Crippen LogP contribution >= 0.6 is 0 Å². The summed E-state index contributed by atoms with van der Waals surface area (Å²) in [7, 11) is 0. The first-order valence-corrected chi connectivity index (χ1v) is 17.5. The van der Waals surface area contributed by atoms with E-state index in [1.165, 1.54) is 4.90 Å². The van der Waals surface area contributed by atoms with E-state index in [4.69, 9.17) is 15.2 Å². The second kappa shape index (κ2) is 19.1. The van der Waals surface area contributed by atoms with Gasteiger partial charge >= 0.3 is 12.1 Å². The smallest absolute Gasteiger partial charge is 0.408 e. The number of esters is 1. The number of ether oxygens (including phenoxy) is 2. The molecule has 2 rings (SSSR count). The molecule has 276 valence electrons. The summed E-state index contributed by atoms with van der Waals surface area (Å²) in [5.74, 6) is -2.73. The lowest BCUT2D eigenvalue weighted by atomic mass is 9.95. The zero-order valence-electron chi connectivity index (χ0n) is 31.4. The molecule has 3 atom stereocenters. The minimum absolute atomic E-state index is 0.134. The van der Waals surface area contributed by atoms with E-state index in [2.05, 4.69) is 17.6 Å². The van der Waals surface area contributed by atoms with Crippen molar-refractivity contribution >= 4 is 29.8 Å². The largest absolute Gasteiger partial charge is 0.458 e. The van der Waals surface area contributed by atoms with E-state index >= 15 is 0 Å². The Labute approximate surface area is 298 Å². The fourth-order valence-corrected chi connectivity index (χ4v) is 5.55. The Bertz CT molecular complexity index is 1450. The van der Waals surface area contributed by atoms with Crippen LogP contribution in [-0.4, -0.2) is 64.5 Å². The van der Waals surface area contributed by atoms with E-state index in [9.17, 15) is 24.0 Å². The van der Waals surface area contributed by atoms with Crippen molar-refractivity contribution in [3.63, 3.8) is 0 Å². The Kier molecular flexibility index (Phi) is 16.0. The van der Waals surface area contributed by atoms with Gasteiger partial charge < -0.3 is 30.7 Å². The van der Waals surface area contributed by atoms with Gasteiger partial charge in [0.1, 0.15) is 29.3 Å². The molecule has 0 aromatic heterocycles. The second-order valence-corrected chi connectivity index (χ2v) is 14.9. The van der Waals surface area contributed by atoms with Crippen molar-refractivity contribution in [1.29, 1.82) is 0 Å². The lowest BCUT2D eigenvalue weighted by Crippen LogP contribution is -2.56. The zero-order valence-corrected chi connectivity index (χ0v) is 31.4. The molecule has 0 fully saturated rings. The molecular formula is C39H58N4O7. The molecule has 2 aromatic rings. The summed E-state index contributed by atoms with van der Waals surface area (Å²) >= 11 is 0. The summed E-state index contributed by atoms with van der Waals surface area (Å²) in [6, 6.07) is 11.1. The topological polar surface area (TPSA) is 157 Å². The molecule has 11 nitrogen and oxygen atoms in total. The summed E-state index contributed by atoms with van der Waals surface area (Å²) in [5.41, 5.74) is 6.91. The number of carbonyl (C=O) groups is 5. The molecule has 0 saturated carbocycles. The fourth-order valence-electron chi connectivity index (χ4n) is 5.55. The van der Waals surface area contributed by atoms with E-state index in [0.29, 0.717) is 12.0 Å². The van der Waals surface area contributed by atoms with Crippen molar-refractivity contribution in [2.24, 2.45) is 5.73 Å². The minimum atomic E-state index is -1.41. The van der Waals surface area contributed by atoms with Crippen LogP contribution in [-0.2, 0) is 35.1 Å². The third-order valence-electron chi connectivity index (χ3n) is 7.75. The van der Waals surface area contributed by atoms with Crippen molar-refractivity contribution in [2.45, 2.75) is 137 Å². The van der Waals surface area contributed by atoms with E-state index < -0.39 is 65.5 Å². The van der Waals surface area contributed by atoms with Crippen molar-refractivity contribution in [2.75, 3.05) is 6.54 Å². The Hall–Kier alpha value is -4.41. The molecule has 0 radical (unpaired) electrons. The van der Waals surface area contributed by atoms with Crippen LogP contribution in [0.4, 0.5) is 4.79 Å². The first kappa shape index (κ1) is 41.8. The summed E-state index contributed by atoms with van der Waals surface area (Å²) in [5, 5.41) is 5.44. The van der Waals surface area contributed by atoms with Crippen molar-refractivity contribution in [3.05, 3.63) is 70.8 Å². The summed E-state index contributed by atoms with van der Waals surface area (Å²) in [4.78, 5) is 69.3. The summed E-state index contributed by atoms with van der Waals surface area (Å²) in [6.45, 7) is 16.3. The van der Waals surface area contributed by atoms with Gasteiger partial charge in [-0.3, -0.25) is 14.4 Å². The van der Waals surface area contributed by atoms with Crippen LogP contribution in [0.15, 0.2) is 48.5 Å². The molecule has 0 aliphatic carbocycles. The summed E-state index contributed by atoms with van der Waals surface area (Å²) < 4.78 is 11.1. The number of hydrogen-bond donors (Lipinski definition) is 3. The van der Waals surface area contributed by atoms with Crippen LogP contribution in [0.25, 0.3) is 0 Å². The lowest BCUT2D eigenvalue weighted by Gasteiger charge is -2.36. The van der Waals surface area contributed by atoms with Gasteiger partial charge in [-0.15, -0.1) is 0 Å². The van der Waals surface area contributed by atoms with Gasteiger partial charge in [0, 0.05) is 13.0 Å². The number of rotatable bonds is 17. The van der Waals surface area contributed by atoms with E-state index in [1.807, 2.05) is 56.3 Å². The maximum atomic E-state index is 14.7. The second-order valence-electron chi connectivity index (χ2n) is 14.9. The third kappa shape index (κ3) is 14.6. The van der Waals surface area contributed by atoms with Gasteiger partial charge in [0.2, 0.25) is 17.7 Å². The quantitative estimate of drug-likeness (QED) is 0.136. The average Bonchev–Trinajstić information content (AvgIpc) is 2.98. The highest BCUT2D eigenvalue weighted by Gasteiger charge is 2.39. The van der Waals surface area contributed by atoms with Gasteiger partial charge in [0.05, 0.1) is 6.42 Å². The van der Waals surface area contributed by atoms with Gasteiger partial charge in [-0.25, -0.2) is 9.59 Å². The molecular weight excluding hydrogens is 636 g/mol. The Balaban J connectivity index is 2.69. The predicted molar refractivity (Wildman–Crippen MR) is 194 cm³/mol. The molecule has 4 N–H and O–H groups in total. The molecule has 0 bridgehead atoms. The molecule has 0 saturated heterocycles. The number of amides is 4. The van der Waals surface area contributed by atoms with Crippen LogP contribution in [0, 0.1) is 13.8 Å². The number of nitrogens with one attached hydrogen (secondary N) is 2. The van der Waals surface area contributed by atoms with Crippen molar-refractivity contribution < 1.29 is 33.4 Å². The predicted octanol–water partition coefficient (Wildman–Crippen LogP) is 5.98. The standard InChI is InChI=1S/C39H58N4O7/c1-10-11-12-13-17-22-43(35(46)30(25-32(40)44)42-37(48)50-39(7,8)9)33(29-21-20-26(2)23-27(29)3)34(45)41-31(36(47)49-38(4,5)6)24-28-18-15-14-16-19-28/h14-16,18-21,23,30-31,33H,10-13,17,22,24-25H2,1-9H3,(H2,40,44)(H,41,45)(H,42,48). The molecule has 4 amide bonds. The fraction of sp³-hybridized carbons (Fsp3) is 0.564. The van der Waals surface area contributed by atoms with Gasteiger partial charge in [0.25, 0.3) is 0 Å². The Morgan fingerprint density at radius 3 is 1.98 bits per heavy atom. The Morgan fingerprint density at radius 2 is 1.42 bits per heavy atom. The number of unbranched alkanes of at least 4 members (excludes halogenated alkanes) is 4. The van der Waals surface area contributed by atoms with Gasteiger partial charge in [-0.2, -0.15) is 0 Å². The molecule has 0 aliphatic rings. The van der Waals surface area contributed by atoms with Gasteiger partial charge in [-0.05, 0) is 78.5 Å². The van der Waals surface area contributed by atoms with Crippen LogP contribution in [0.2, 0.25) is 0 Å². The number of hydrogen-bond acceptors (Lipinski definition) is 7. The number of carbonyl (C=O) groups excluding carboxylic acids is 5. The number of aryl methyl sites for hydroxylation is 2. The minimum Gasteiger partial charge on any atom is -0.458 e. The first-order chi connectivity index (χ1) is 23.3. The molecule has 0 aliphatic heterocycles. The molecule has 50 heavy (non-hydrogen) atoms. The van der Waals surface area contributed by atoms with E-state index in [-0.39, 0.29) is 13.0 Å². The number of alkyl carbamates (subject to hydrolysis) is 1. The van der Waals surface area contributed by atoms with Crippen LogP contribution in [0.3, 0.4) is 0 Å². The maximum Gasteiger partial charge on any atom is 0.408 e. The van der Waals surface area contributed by atoms with Gasteiger partial charge in [-0.1, -0.05) is 86.7 Å². The van der Waals surface area contributed by atoms with Gasteiger partial charge in [0.15, 0.2) is 0 Å². The molecule has 0 heterocycles. The SMILES string of the molecule is CCCCCCCN(C(=O)C(CC(N)=O)NC(=O)OC(C)(C)C)C(C(=O)NC(Cc1ccccc1)C(=O)OC(C)(C)C)c1ccc(C)cc1C. The van der Waals surface area contributed by atoms with Crippen LogP contribution in [0.5, 0.6) is 0 Å². The zero-order chi connectivity index (χ0) is 37.6. The maximum absolute atomic E-state index is 14.7. The van der Waals surface area contributed by atoms with E-state index in [0.717, 1.165) is 42.4 Å². The first-order valence-electron chi connectivity index (χ1n) is 17.5. The van der Waals surface area contributed by atoms with Crippen LogP contribution < -0.4 is 16.4 Å². The van der Waals surface area contributed by atoms with E-state index in [1.54, 1.807) is 47.6 Å². The van der Waals surface area contributed by atoms with Crippen molar-refractivity contribution in [1.82, 2.24) is 15.5 Å². The highest BCUT2D eigenvalue weighted by molar-refractivity contribution is 5.96. The number of primary amides is 1. The number of nitrogens with two attached hydrogens (primary N) is 1. The molecule has 11 heteroatoms. The van der Waals surface area contributed by atoms with Crippen LogP contribution in [0.1, 0.15) is 115 Å². The lowest BCUT2D eigenvalue weighted by molar-refractivity contribution is -0.159. The Morgan fingerprint density at radius 1 is 0.800 bits per heavy atom. The monoisotopic (exact) mass is 694 g/mol. The molecule has 3 unspecified atom stereocenters. The highest BCUT2D eigenvalue weighted by Crippen LogP contribution is 2.28. The normalized spacial score (nSPS) is 13.4. The molecule has 2 aromatic carbocycles. The third-order valence-corrected chi connectivity index (χ3v) is 7.75. The van der Waals surface area contributed by atoms with Crippen molar-refractivity contribution in [3.8, 4) is 0 Å². The number of benzene rings is 2. The summed E-state index contributed by atoms with van der Waals surface area (Å²) in [6.07, 6.45) is 3.03. The highest BCUT2D eigenvalue weighted by atomic mass is 16.6. The average molecular weight is 695 g/mol. The number of nitrogens with zero attached hydrogens (tertiary/aromatic N) is 1.